The lowest BCUT2D eigenvalue weighted by Gasteiger charge is -2.09. The summed E-state index contributed by atoms with van der Waals surface area (Å²) in [6, 6.07) is 7.14. The number of aliphatic hydroxyl groups excluding tert-OH is 1. The second-order valence-corrected chi connectivity index (χ2v) is 4.59. The second-order valence-electron chi connectivity index (χ2n) is 4.59. The van der Waals surface area contributed by atoms with Gasteiger partial charge in [-0.1, -0.05) is 31.9 Å². The first-order valence-corrected chi connectivity index (χ1v) is 6.81. The summed E-state index contributed by atoms with van der Waals surface area (Å²) < 4.78 is 5.39. The molecule has 0 aliphatic rings. The van der Waals surface area contributed by atoms with Gasteiger partial charge in [0.1, 0.15) is 5.75 Å². The highest BCUT2D eigenvalue weighted by atomic mass is 16.5. The highest BCUT2D eigenvalue weighted by Crippen LogP contribution is 2.18. The van der Waals surface area contributed by atoms with Crippen LogP contribution in [0.3, 0.4) is 0 Å². The molecule has 4 heteroatoms. The topological polar surface area (TPSA) is 58.6 Å². The fourth-order valence-corrected chi connectivity index (χ4v) is 1.67. The van der Waals surface area contributed by atoms with E-state index in [1.165, 1.54) is 0 Å². The summed E-state index contributed by atoms with van der Waals surface area (Å²) in [5.74, 6) is 0.487. The van der Waals surface area contributed by atoms with Crippen molar-refractivity contribution < 1.29 is 14.6 Å². The molecule has 1 rings (SSSR count). The minimum absolute atomic E-state index is 0.00931. The summed E-state index contributed by atoms with van der Waals surface area (Å²) in [6.07, 6.45) is 2.72. The second kappa shape index (κ2) is 8.53. The fraction of sp³-hybridized carbons (Fsp3) is 0.533. The van der Waals surface area contributed by atoms with Crippen molar-refractivity contribution in [1.82, 2.24) is 5.32 Å². The van der Waals surface area contributed by atoms with E-state index in [0.29, 0.717) is 12.3 Å². The Balaban J connectivity index is 2.31. The number of nitrogens with one attached hydrogen (secondary N) is 1. The van der Waals surface area contributed by atoms with Crippen molar-refractivity contribution in [1.29, 1.82) is 0 Å². The van der Waals surface area contributed by atoms with Crippen LogP contribution in [0, 0.1) is 0 Å². The van der Waals surface area contributed by atoms with Crippen LogP contribution in [0.25, 0.3) is 0 Å². The molecule has 0 fully saturated rings. The van der Waals surface area contributed by atoms with Gasteiger partial charge in [-0.25, -0.2) is 0 Å². The Kier molecular flexibility index (Phi) is 6.97. The number of carbonyl (C=O) groups excluding carboxylic acids is 1. The van der Waals surface area contributed by atoms with Gasteiger partial charge in [-0.05, 0) is 31.0 Å². The maximum Gasteiger partial charge on any atom is 0.257 e. The maximum absolute atomic E-state index is 11.5. The zero-order chi connectivity index (χ0) is 14.1. The molecule has 1 aromatic carbocycles. The molecule has 1 atom stereocenters. The highest BCUT2D eigenvalue weighted by Gasteiger charge is 2.05. The minimum Gasteiger partial charge on any atom is -0.484 e. The molecule has 0 heterocycles. The van der Waals surface area contributed by atoms with E-state index in [2.05, 4.69) is 12.2 Å². The van der Waals surface area contributed by atoms with Crippen molar-refractivity contribution in [3.8, 4) is 5.75 Å². The maximum atomic E-state index is 11.5. The summed E-state index contributed by atoms with van der Waals surface area (Å²) in [5, 5.41) is 12.3. The van der Waals surface area contributed by atoms with E-state index in [0.717, 1.165) is 24.8 Å². The molecule has 4 nitrogen and oxygen atoms in total. The molecular formula is C15H23NO3. The van der Waals surface area contributed by atoms with Crippen molar-refractivity contribution in [2.75, 3.05) is 13.2 Å². The summed E-state index contributed by atoms with van der Waals surface area (Å²) in [4.78, 5) is 11.5. The Morgan fingerprint density at radius 2 is 2.21 bits per heavy atom. The number of amides is 1. The van der Waals surface area contributed by atoms with Gasteiger partial charge in [-0.3, -0.25) is 4.79 Å². The van der Waals surface area contributed by atoms with Gasteiger partial charge in [-0.2, -0.15) is 0 Å². The normalized spacial score (nSPS) is 11.9. The molecular weight excluding hydrogens is 242 g/mol. The van der Waals surface area contributed by atoms with Crippen molar-refractivity contribution in [2.45, 2.75) is 39.2 Å². The summed E-state index contributed by atoms with van der Waals surface area (Å²) in [5.41, 5.74) is 0.779. The van der Waals surface area contributed by atoms with Gasteiger partial charge in [-0.15, -0.1) is 0 Å². The van der Waals surface area contributed by atoms with Gasteiger partial charge >= 0.3 is 0 Å². The Hall–Kier alpha value is -1.55. The average Bonchev–Trinajstić information content (AvgIpc) is 2.41. The predicted octanol–water partition coefficient (Wildman–Crippen LogP) is 2.43. The van der Waals surface area contributed by atoms with Crippen LogP contribution in [0.5, 0.6) is 5.75 Å². The standard InChI is InChI=1S/C15H23NO3/c1-3-4-5-9-16-15(18)11-19-14-8-6-7-13(10-14)12(2)17/h6-8,10,12,17H,3-5,9,11H2,1-2H3,(H,16,18). The van der Waals surface area contributed by atoms with E-state index >= 15 is 0 Å². The number of hydrogen-bond acceptors (Lipinski definition) is 3. The van der Waals surface area contributed by atoms with Gasteiger partial charge in [0.15, 0.2) is 6.61 Å². The number of rotatable bonds is 8. The summed E-state index contributed by atoms with van der Waals surface area (Å²) in [6.45, 7) is 4.53. The molecule has 0 bridgehead atoms. The molecule has 0 aliphatic carbocycles. The van der Waals surface area contributed by atoms with Crippen molar-refractivity contribution >= 4 is 5.91 Å². The molecule has 0 radical (unpaired) electrons. The lowest BCUT2D eigenvalue weighted by molar-refractivity contribution is -0.123. The van der Waals surface area contributed by atoms with Gasteiger partial charge in [0.2, 0.25) is 0 Å². The van der Waals surface area contributed by atoms with Gasteiger partial charge in [0, 0.05) is 6.54 Å². The molecule has 2 N–H and O–H groups in total. The predicted molar refractivity (Wildman–Crippen MR) is 75.1 cm³/mol. The van der Waals surface area contributed by atoms with Crippen LogP contribution in [0.15, 0.2) is 24.3 Å². The van der Waals surface area contributed by atoms with Crippen LogP contribution < -0.4 is 10.1 Å². The van der Waals surface area contributed by atoms with Gasteiger partial charge in [0.05, 0.1) is 6.10 Å². The van der Waals surface area contributed by atoms with Crippen LogP contribution in [-0.4, -0.2) is 24.2 Å². The Morgan fingerprint density at radius 1 is 1.42 bits per heavy atom. The van der Waals surface area contributed by atoms with Crippen molar-refractivity contribution in [3.05, 3.63) is 29.8 Å². The Labute approximate surface area is 114 Å². The molecule has 0 aliphatic heterocycles. The average molecular weight is 265 g/mol. The van der Waals surface area contributed by atoms with E-state index in [-0.39, 0.29) is 12.5 Å². The molecule has 1 amide bonds. The molecule has 0 spiro atoms. The Bertz CT molecular complexity index is 391. The SMILES string of the molecule is CCCCCNC(=O)COc1cccc(C(C)O)c1. The van der Waals surface area contributed by atoms with E-state index in [1.807, 2.05) is 6.07 Å². The van der Waals surface area contributed by atoms with Crippen LogP contribution in [0.2, 0.25) is 0 Å². The van der Waals surface area contributed by atoms with Crippen LogP contribution in [0.4, 0.5) is 0 Å². The zero-order valence-corrected chi connectivity index (χ0v) is 11.7. The highest BCUT2D eigenvalue weighted by molar-refractivity contribution is 5.77. The number of aliphatic hydroxyl groups is 1. The van der Waals surface area contributed by atoms with Crippen LogP contribution in [0.1, 0.15) is 44.8 Å². The smallest absolute Gasteiger partial charge is 0.257 e. The fourth-order valence-electron chi connectivity index (χ4n) is 1.67. The van der Waals surface area contributed by atoms with E-state index in [1.54, 1.807) is 25.1 Å². The number of hydrogen-bond donors (Lipinski definition) is 2. The molecule has 106 valence electrons. The Morgan fingerprint density at radius 3 is 2.89 bits per heavy atom. The van der Waals surface area contributed by atoms with Crippen LogP contribution in [-0.2, 0) is 4.79 Å². The zero-order valence-electron chi connectivity index (χ0n) is 11.7. The molecule has 0 saturated heterocycles. The summed E-state index contributed by atoms with van der Waals surface area (Å²) >= 11 is 0. The quantitative estimate of drug-likeness (QED) is 0.710. The van der Waals surface area contributed by atoms with E-state index < -0.39 is 6.10 Å². The molecule has 0 saturated carbocycles. The number of unbranched alkanes of at least 4 members (excludes halogenated alkanes) is 2. The van der Waals surface area contributed by atoms with Crippen molar-refractivity contribution in [3.63, 3.8) is 0 Å². The molecule has 0 aromatic heterocycles. The number of carbonyl (C=O) groups is 1. The third kappa shape index (κ3) is 6.25. The van der Waals surface area contributed by atoms with Gasteiger partial charge < -0.3 is 15.2 Å². The first-order valence-electron chi connectivity index (χ1n) is 6.81. The van der Waals surface area contributed by atoms with Gasteiger partial charge in [0.25, 0.3) is 5.91 Å². The van der Waals surface area contributed by atoms with Crippen LogP contribution >= 0.6 is 0 Å². The monoisotopic (exact) mass is 265 g/mol. The summed E-state index contributed by atoms with van der Waals surface area (Å²) in [7, 11) is 0. The molecule has 19 heavy (non-hydrogen) atoms. The molecule has 1 aromatic rings. The van der Waals surface area contributed by atoms with Crippen molar-refractivity contribution in [2.24, 2.45) is 0 Å². The minimum atomic E-state index is -0.536. The van der Waals surface area contributed by atoms with E-state index in [9.17, 15) is 9.90 Å². The first-order chi connectivity index (χ1) is 9.13. The third-order valence-electron chi connectivity index (χ3n) is 2.81. The first kappa shape index (κ1) is 15.5. The number of ether oxygens (including phenoxy) is 1. The third-order valence-corrected chi connectivity index (χ3v) is 2.81. The lowest BCUT2D eigenvalue weighted by Crippen LogP contribution is -2.29. The number of benzene rings is 1. The molecule has 1 unspecified atom stereocenters. The van der Waals surface area contributed by atoms with E-state index in [4.69, 9.17) is 4.74 Å². The lowest BCUT2D eigenvalue weighted by atomic mass is 10.1. The largest absolute Gasteiger partial charge is 0.484 e.